The molecule has 1 rings (SSSR count). The summed E-state index contributed by atoms with van der Waals surface area (Å²) in [5, 5.41) is 0.287. The number of carbonyl (C=O) groups is 2. The van der Waals surface area contributed by atoms with Gasteiger partial charge in [0.05, 0.1) is 25.1 Å². The maximum Gasteiger partial charge on any atom is 0.361 e. The molecule has 0 saturated heterocycles. The standard InChI is InChI=1S/C19H30NO7P/c1-7-24-16(21)19(20,17(22)27-18(4,5)6)14-10-12-15(13-11-14)28(23,25-8-2)26-9-3/h10-13H,7-9,20H2,1-6H3. The average Bonchev–Trinajstić information content (AvgIpc) is 2.60. The third kappa shape index (κ3) is 5.64. The first kappa shape index (κ1) is 24.3. The zero-order chi connectivity index (χ0) is 21.6. The highest BCUT2D eigenvalue weighted by atomic mass is 31.2. The lowest BCUT2D eigenvalue weighted by atomic mass is 9.90. The van der Waals surface area contributed by atoms with Crippen molar-refractivity contribution >= 4 is 24.8 Å². The molecule has 1 unspecified atom stereocenters. The summed E-state index contributed by atoms with van der Waals surface area (Å²) in [4.78, 5) is 25.3. The second-order valence-corrected chi connectivity index (χ2v) is 8.94. The van der Waals surface area contributed by atoms with Crippen LogP contribution in [0.5, 0.6) is 0 Å². The molecular formula is C19H30NO7P. The molecular weight excluding hydrogens is 385 g/mol. The van der Waals surface area contributed by atoms with Gasteiger partial charge in [-0.15, -0.1) is 0 Å². The molecule has 0 aromatic heterocycles. The fourth-order valence-electron chi connectivity index (χ4n) is 2.36. The van der Waals surface area contributed by atoms with Gasteiger partial charge in [0.2, 0.25) is 5.54 Å². The molecule has 0 fully saturated rings. The molecule has 28 heavy (non-hydrogen) atoms. The van der Waals surface area contributed by atoms with Crippen molar-refractivity contribution in [3.63, 3.8) is 0 Å². The van der Waals surface area contributed by atoms with E-state index in [1.807, 2.05) is 0 Å². The Morgan fingerprint density at radius 2 is 1.43 bits per heavy atom. The Bertz CT molecular complexity index is 717. The number of benzene rings is 1. The third-order valence-electron chi connectivity index (χ3n) is 3.56. The highest BCUT2D eigenvalue weighted by molar-refractivity contribution is 7.62. The molecule has 9 heteroatoms. The van der Waals surface area contributed by atoms with E-state index in [9.17, 15) is 14.2 Å². The van der Waals surface area contributed by atoms with E-state index in [1.54, 1.807) is 41.5 Å². The van der Waals surface area contributed by atoms with Crippen molar-refractivity contribution in [1.82, 2.24) is 0 Å². The number of carbonyl (C=O) groups excluding carboxylic acids is 2. The van der Waals surface area contributed by atoms with Crippen LogP contribution in [0.1, 0.15) is 47.1 Å². The number of nitrogens with two attached hydrogens (primary N) is 1. The van der Waals surface area contributed by atoms with Crippen LogP contribution in [0.25, 0.3) is 0 Å². The molecule has 0 radical (unpaired) electrons. The molecule has 1 aromatic carbocycles. The Morgan fingerprint density at radius 1 is 0.929 bits per heavy atom. The lowest BCUT2D eigenvalue weighted by Gasteiger charge is -2.30. The molecule has 2 N–H and O–H groups in total. The number of esters is 2. The van der Waals surface area contributed by atoms with Crippen LogP contribution in [0.2, 0.25) is 0 Å². The van der Waals surface area contributed by atoms with Crippen molar-refractivity contribution in [3.05, 3.63) is 29.8 Å². The van der Waals surface area contributed by atoms with Crippen molar-refractivity contribution in [3.8, 4) is 0 Å². The zero-order valence-corrected chi connectivity index (χ0v) is 18.2. The van der Waals surface area contributed by atoms with E-state index in [0.29, 0.717) is 0 Å². The summed E-state index contributed by atoms with van der Waals surface area (Å²) < 4.78 is 33.8. The van der Waals surface area contributed by atoms with Gasteiger partial charge in [0, 0.05) is 0 Å². The Hall–Kier alpha value is -1.73. The van der Waals surface area contributed by atoms with Crippen LogP contribution in [0, 0.1) is 0 Å². The second kappa shape index (κ2) is 9.65. The van der Waals surface area contributed by atoms with Crippen molar-refractivity contribution in [2.45, 2.75) is 52.7 Å². The number of ether oxygens (including phenoxy) is 2. The molecule has 8 nitrogen and oxygen atoms in total. The monoisotopic (exact) mass is 415 g/mol. The minimum Gasteiger partial charge on any atom is -0.464 e. The summed E-state index contributed by atoms with van der Waals surface area (Å²) in [6, 6.07) is 5.74. The summed E-state index contributed by atoms with van der Waals surface area (Å²) in [6.07, 6.45) is 0. The van der Waals surface area contributed by atoms with Crippen LogP contribution in [0.15, 0.2) is 24.3 Å². The minimum absolute atomic E-state index is 0.0442. The number of hydrogen-bond acceptors (Lipinski definition) is 8. The maximum atomic E-state index is 12.9. The van der Waals surface area contributed by atoms with Crippen LogP contribution < -0.4 is 11.0 Å². The summed E-state index contributed by atoms with van der Waals surface area (Å²) in [7, 11) is -3.51. The van der Waals surface area contributed by atoms with E-state index in [2.05, 4.69) is 0 Å². The molecule has 0 aliphatic carbocycles. The first-order valence-electron chi connectivity index (χ1n) is 9.14. The molecule has 0 aliphatic heterocycles. The van der Waals surface area contributed by atoms with E-state index in [4.69, 9.17) is 24.3 Å². The molecule has 0 bridgehead atoms. The first-order valence-corrected chi connectivity index (χ1v) is 10.7. The maximum absolute atomic E-state index is 12.9. The molecule has 1 atom stereocenters. The average molecular weight is 415 g/mol. The predicted molar refractivity (Wildman–Crippen MR) is 105 cm³/mol. The van der Waals surface area contributed by atoms with Gasteiger partial charge in [0.25, 0.3) is 0 Å². The smallest absolute Gasteiger partial charge is 0.361 e. The normalized spacial score (nSPS) is 14.2. The molecule has 0 spiro atoms. The molecule has 0 amide bonds. The molecule has 1 aromatic rings. The van der Waals surface area contributed by atoms with Gasteiger partial charge in [-0.3, -0.25) is 4.57 Å². The topological polar surface area (TPSA) is 114 Å². The van der Waals surface area contributed by atoms with Crippen LogP contribution in [0.3, 0.4) is 0 Å². The van der Waals surface area contributed by atoms with Gasteiger partial charge < -0.3 is 24.3 Å². The Kier molecular flexibility index (Phi) is 8.38. The Morgan fingerprint density at radius 3 is 1.82 bits per heavy atom. The van der Waals surface area contributed by atoms with Gasteiger partial charge in [-0.25, -0.2) is 9.59 Å². The fraction of sp³-hybridized carbons (Fsp3) is 0.579. The number of rotatable bonds is 9. The van der Waals surface area contributed by atoms with Gasteiger partial charge >= 0.3 is 19.5 Å². The molecule has 0 saturated carbocycles. The van der Waals surface area contributed by atoms with E-state index >= 15 is 0 Å². The molecule has 0 heterocycles. The summed E-state index contributed by atoms with van der Waals surface area (Å²) in [5.41, 5.74) is 3.32. The lowest BCUT2D eigenvalue weighted by molar-refractivity contribution is -0.172. The van der Waals surface area contributed by atoms with E-state index in [1.165, 1.54) is 24.3 Å². The second-order valence-electron chi connectivity index (χ2n) is 6.91. The Balaban J connectivity index is 3.38. The van der Waals surface area contributed by atoms with Crippen LogP contribution in [-0.2, 0) is 38.2 Å². The summed E-state index contributed by atoms with van der Waals surface area (Å²) in [5.74, 6) is -1.88. The summed E-state index contributed by atoms with van der Waals surface area (Å²) in [6.45, 7) is 10.4. The van der Waals surface area contributed by atoms with Crippen molar-refractivity contribution in [1.29, 1.82) is 0 Å². The van der Waals surface area contributed by atoms with Gasteiger partial charge in [-0.05, 0) is 59.2 Å². The van der Waals surface area contributed by atoms with E-state index in [-0.39, 0.29) is 30.7 Å². The van der Waals surface area contributed by atoms with E-state index < -0.39 is 30.7 Å². The zero-order valence-electron chi connectivity index (χ0n) is 17.3. The van der Waals surface area contributed by atoms with Gasteiger partial charge in [-0.2, -0.15) is 0 Å². The molecule has 0 aliphatic rings. The minimum atomic E-state index is -3.51. The largest absolute Gasteiger partial charge is 0.464 e. The van der Waals surface area contributed by atoms with Gasteiger partial charge in [0.15, 0.2) is 0 Å². The molecule has 158 valence electrons. The predicted octanol–water partition coefficient (Wildman–Crippen LogP) is 2.64. The van der Waals surface area contributed by atoms with E-state index in [0.717, 1.165) is 0 Å². The van der Waals surface area contributed by atoms with Crippen LogP contribution in [-0.4, -0.2) is 37.4 Å². The number of hydrogen-bond donors (Lipinski definition) is 1. The van der Waals surface area contributed by atoms with Crippen molar-refractivity contribution in [2.24, 2.45) is 5.73 Å². The van der Waals surface area contributed by atoms with Gasteiger partial charge in [0.1, 0.15) is 5.60 Å². The quantitative estimate of drug-likeness (QED) is 0.372. The lowest BCUT2D eigenvalue weighted by Crippen LogP contribution is -2.55. The highest BCUT2D eigenvalue weighted by Gasteiger charge is 2.48. The SMILES string of the molecule is CCOC(=O)C(N)(C(=O)OC(C)(C)C)c1ccc(P(=O)(OCC)OCC)cc1. The Labute approximate surface area is 166 Å². The van der Waals surface area contributed by atoms with Crippen molar-refractivity contribution in [2.75, 3.05) is 19.8 Å². The van der Waals surface area contributed by atoms with Crippen LogP contribution in [0.4, 0.5) is 0 Å². The fourth-order valence-corrected chi connectivity index (χ4v) is 3.92. The highest BCUT2D eigenvalue weighted by Crippen LogP contribution is 2.46. The van der Waals surface area contributed by atoms with Gasteiger partial charge in [-0.1, -0.05) is 12.1 Å². The summed E-state index contributed by atoms with van der Waals surface area (Å²) >= 11 is 0. The van der Waals surface area contributed by atoms with Crippen molar-refractivity contribution < 1.29 is 32.7 Å². The third-order valence-corrected chi connectivity index (χ3v) is 5.68. The van der Waals surface area contributed by atoms with Crippen LogP contribution >= 0.6 is 7.60 Å². The first-order chi connectivity index (χ1) is 12.9.